The summed E-state index contributed by atoms with van der Waals surface area (Å²) in [6.07, 6.45) is 8.33. The molecule has 1 heterocycles. The third kappa shape index (κ3) is 5.75. The van der Waals surface area contributed by atoms with E-state index < -0.39 is 0 Å². The molecular formula is C23H20N6O. The number of hydrogen-bond acceptors (Lipinski definition) is 7. The molecule has 30 heavy (non-hydrogen) atoms. The molecule has 0 radical (unpaired) electrons. The van der Waals surface area contributed by atoms with Gasteiger partial charge in [-0.3, -0.25) is 4.79 Å². The number of carbonyl (C=O) groups is 1. The summed E-state index contributed by atoms with van der Waals surface area (Å²) in [5, 5.41) is 23.6. The van der Waals surface area contributed by atoms with E-state index in [0.29, 0.717) is 23.4 Å². The smallest absolute Gasteiger partial charge is 0.229 e. The van der Waals surface area contributed by atoms with Crippen molar-refractivity contribution in [2.24, 2.45) is 0 Å². The second kappa shape index (κ2) is 10.2. The third-order valence-corrected chi connectivity index (χ3v) is 3.99. The summed E-state index contributed by atoms with van der Waals surface area (Å²) in [4.78, 5) is 19.9. The molecule has 0 unspecified atom stereocenters. The van der Waals surface area contributed by atoms with Gasteiger partial charge in [0.05, 0.1) is 17.7 Å². The molecule has 0 amide bonds. The van der Waals surface area contributed by atoms with Crippen molar-refractivity contribution in [1.29, 1.82) is 10.5 Å². The number of nitrogens with zero attached hydrogens (tertiary/aromatic N) is 4. The van der Waals surface area contributed by atoms with Crippen molar-refractivity contribution in [3.8, 4) is 12.1 Å². The Labute approximate surface area is 175 Å². The molecule has 148 valence electrons. The van der Waals surface area contributed by atoms with E-state index in [9.17, 15) is 4.79 Å². The SMILES string of the molecule is C=C(C#N)/C=C\C(=C)Nc1ncc(C=O)c(Nc2c(C)cc(/C=C/C#N)cc2C)n1. The minimum atomic E-state index is 0.240. The lowest BCUT2D eigenvalue weighted by atomic mass is 10.0. The van der Waals surface area contributed by atoms with Crippen molar-refractivity contribution >= 4 is 29.8 Å². The summed E-state index contributed by atoms with van der Waals surface area (Å²) < 4.78 is 0. The first-order valence-electron chi connectivity index (χ1n) is 8.87. The molecule has 0 saturated carbocycles. The quantitative estimate of drug-likeness (QED) is 0.376. The maximum Gasteiger partial charge on any atom is 0.229 e. The largest absolute Gasteiger partial charge is 0.339 e. The molecule has 0 spiro atoms. The normalized spacial score (nSPS) is 10.4. The van der Waals surface area contributed by atoms with Gasteiger partial charge in [-0.05, 0) is 60.9 Å². The van der Waals surface area contributed by atoms with Crippen LogP contribution in [0.25, 0.3) is 6.08 Å². The highest BCUT2D eigenvalue weighted by molar-refractivity contribution is 5.85. The van der Waals surface area contributed by atoms with Crippen LogP contribution in [-0.4, -0.2) is 16.3 Å². The number of anilines is 3. The molecule has 0 aliphatic rings. The molecule has 7 nitrogen and oxygen atoms in total. The number of aromatic nitrogens is 2. The minimum Gasteiger partial charge on any atom is -0.339 e. The van der Waals surface area contributed by atoms with Crippen molar-refractivity contribution < 1.29 is 4.79 Å². The fraction of sp³-hybridized carbons (Fsp3) is 0.0870. The van der Waals surface area contributed by atoms with Crippen LogP contribution in [0, 0.1) is 36.5 Å². The van der Waals surface area contributed by atoms with Gasteiger partial charge in [0.25, 0.3) is 0 Å². The van der Waals surface area contributed by atoms with Crippen molar-refractivity contribution in [1.82, 2.24) is 9.97 Å². The maximum atomic E-state index is 11.5. The van der Waals surface area contributed by atoms with Gasteiger partial charge in [0.1, 0.15) is 5.82 Å². The summed E-state index contributed by atoms with van der Waals surface area (Å²) in [6.45, 7) is 11.2. The fourth-order valence-corrected chi connectivity index (χ4v) is 2.60. The van der Waals surface area contributed by atoms with E-state index in [-0.39, 0.29) is 11.5 Å². The van der Waals surface area contributed by atoms with Crippen LogP contribution in [0.15, 0.2) is 61.0 Å². The van der Waals surface area contributed by atoms with E-state index in [1.54, 1.807) is 12.2 Å². The molecule has 2 rings (SSSR count). The number of rotatable bonds is 8. The lowest BCUT2D eigenvalue weighted by Crippen LogP contribution is -2.07. The number of nitriles is 2. The van der Waals surface area contributed by atoms with E-state index in [1.165, 1.54) is 18.3 Å². The molecule has 0 aliphatic heterocycles. The van der Waals surface area contributed by atoms with Gasteiger partial charge in [0.2, 0.25) is 5.95 Å². The minimum absolute atomic E-state index is 0.240. The summed E-state index contributed by atoms with van der Waals surface area (Å²) >= 11 is 0. The second-order valence-electron chi connectivity index (χ2n) is 6.35. The Morgan fingerprint density at radius 1 is 1.17 bits per heavy atom. The highest BCUT2D eigenvalue weighted by Gasteiger charge is 2.11. The van der Waals surface area contributed by atoms with Crippen molar-refractivity contribution in [3.63, 3.8) is 0 Å². The highest BCUT2D eigenvalue weighted by atomic mass is 16.1. The molecule has 1 aromatic carbocycles. The first-order chi connectivity index (χ1) is 14.4. The van der Waals surface area contributed by atoms with Crippen molar-refractivity contribution in [2.45, 2.75) is 13.8 Å². The van der Waals surface area contributed by atoms with Gasteiger partial charge in [-0.25, -0.2) is 4.98 Å². The van der Waals surface area contributed by atoms with Gasteiger partial charge < -0.3 is 10.6 Å². The lowest BCUT2D eigenvalue weighted by molar-refractivity contribution is 0.112. The third-order valence-electron chi connectivity index (χ3n) is 3.99. The number of aryl methyl sites for hydroxylation is 2. The molecule has 1 aromatic heterocycles. The van der Waals surface area contributed by atoms with E-state index in [1.807, 2.05) is 38.1 Å². The number of carbonyl (C=O) groups excluding carboxylic acids is 1. The predicted molar refractivity (Wildman–Crippen MR) is 118 cm³/mol. The maximum absolute atomic E-state index is 11.5. The average molecular weight is 396 g/mol. The molecule has 0 bridgehead atoms. The van der Waals surface area contributed by atoms with Crippen molar-refractivity contribution in [3.05, 3.63) is 83.2 Å². The summed E-state index contributed by atoms with van der Waals surface area (Å²) in [5.41, 5.74) is 4.61. The van der Waals surface area contributed by atoms with Gasteiger partial charge in [0, 0.05) is 29.2 Å². The van der Waals surface area contributed by atoms with E-state index in [2.05, 4.69) is 33.8 Å². The van der Waals surface area contributed by atoms with Gasteiger partial charge in [-0.15, -0.1) is 0 Å². The topological polar surface area (TPSA) is 114 Å². The monoisotopic (exact) mass is 396 g/mol. The zero-order valence-electron chi connectivity index (χ0n) is 16.7. The average Bonchev–Trinajstić information content (AvgIpc) is 2.73. The van der Waals surface area contributed by atoms with Crippen LogP contribution in [0.1, 0.15) is 27.0 Å². The number of hydrogen-bond donors (Lipinski definition) is 2. The number of aldehydes is 1. The van der Waals surface area contributed by atoms with Gasteiger partial charge in [0.15, 0.2) is 6.29 Å². The molecular weight excluding hydrogens is 376 g/mol. The highest BCUT2D eigenvalue weighted by Crippen LogP contribution is 2.27. The molecule has 2 aromatic rings. The number of benzene rings is 1. The van der Waals surface area contributed by atoms with Crippen LogP contribution in [-0.2, 0) is 0 Å². The summed E-state index contributed by atoms with van der Waals surface area (Å²) in [5.74, 6) is 0.580. The van der Waals surface area contributed by atoms with Gasteiger partial charge in [-0.1, -0.05) is 13.2 Å². The Bertz CT molecular complexity index is 1120. The first kappa shape index (κ1) is 21.8. The zero-order chi connectivity index (χ0) is 22.1. The van der Waals surface area contributed by atoms with Crippen LogP contribution >= 0.6 is 0 Å². The molecule has 7 heteroatoms. The molecule has 0 aliphatic carbocycles. The molecule has 0 atom stereocenters. The van der Waals surface area contributed by atoms with Gasteiger partial charge >= 0.3 is 0 Å². The Kier molecular flexibility index (Phi) is 7.39. The summed E-state index contributed by atoms with van der Waals surface area (Å²) in [7, 11) is 0. The van der Waals surface area contributed by atoms with Crippen molar-refractivity contribution in [2.75, 3.05) is 10.6 Å². The van der Waals surface area contributed by atoms with E-state index >= 15 is 0 Å². The van der Waals surface area contributed by atoms with E-state index in [4.69, 9.17) is 10.5 Å². The fourth-order valence-electron chi connectivity index (χ4n) is 2.60. The Morgan fingerprint density at radius 2 is 1.87 bits per heavy atom. The van der Waals surface area contributed by atoms with Crippen LogP contribution < -0.4 is 10.6 Å². The van der Waals surface area contributed by atoms with Gasteiger partial charge in [-0.2, -0.15) is 15.5 Å². The van der Waals surface area contributed by atoms with Crippen LogP contribution in [0.3, 0.4) is 0 Å². The molecule has 2 N–H and O–H groups in total. The first-order valence-corrected chi connectivity index (χ1v) is 8.87. The Morgan fingerprint density at radius 3 is 2.47 bits per heavy atom. The zero-order valence-corrected chi connectivity index (χ0v) is 16.7. The number of allylic oxidation sites excluding steroid dienone is 4. The molecule has 0 fully saturated rings. The predicted octanol–water partition coefficient (Wildman–Crippen LogP) is 4.75. The lowest BCUT2D eigenvalue weighted by Gasteiger charge is -2.15. The second-order valence-corrected chi connectivity index (χ2v) is 6.35. The standard InChI is InChI=1S/C23H20N6O/c1-15(12-25)7-8-18(4)27-23-26-13-20(14-30)22(29-23)28-21-16(2)10-19(6-5-9-24)11-17(21)3/h5-8,10-11,13-14H,1,4H2,2-3H3,(H2,26,27,28,29)/b6-5+,8-7-. The Balaban J connectivity index is 2.32. The Hall–Kier alpha value is -4.49. The van der Waals surface area contributed by atoms with Crippen LogP contribution in [0.5, 0.6) is 0 Å². The van der Waals surface area contributed by atoms with Crippen LogP contribution in [0.4, 0.5) is 17.5 Å². The van der Waals surface area contributed by atoms with Crippen LogP contribution in [0.2, 0.25) is 0 Å². The van der Waals surface area contributed by atoms with E-state index in [0.717, 1.165) is 22.4 Å². The number of nitrogens with one attached hydrogen (secondary N) is 2. The summed E-state index contributed by atoms with van der Waals surface area (Å²) in [6, 6.07) is 7.74. The molecule has 0 saturated heterocycles.